The van der Waals surface area contributed by atoms with E-state index >= 15 is 0 Å². The van der Waals surface area contributed by atoms with Crippen LogP contribution in [0.2, 0.25) is 0 Å². The summed E-state index contributed by atoms with van der Waals surface area (Å²) in [5.74, 6) is 1.32. The van der Waals surface area contributed by atoms with Gasteiger partial charge in [-0.2, -0.15) is 0 Å². The van der Waals surface area contributed by atoms with Crippen LogP contribution in [0, 0.1) is 5.92 Å². The van der Waals surface area contributed by atoms with Gasteiger partial charge >= 0.3 is 6.09 Å². The minimum absolute atomic E-state index is 0.250. The molecule has 1 aliphatic rings. The molecule has 0 saturated carbocycles. The van der Waals surface area contributed by atoms with E-state index in [1.165, 1.54) is 0 Å². The summed E-state index contributed by atoms with van der Waals surface area (Å²) in [6.07, 6.45) is 0.674. The summed E-state index contributed by atoms with van der Waals surface area (Å²) >= 11 is 0. The zero-order valence-corrected chi connectivity index (χ0v) is 15.0. The predicted octanol–water partition coefficient (Wildman–Crippen LogP) is 2.88. The van der Waals surface area contributed by atoms with Gasteiger partial charge < -0.3 is 20.7 Å². The van der Waals surface area contributed by atoms with Crippen molar-refractivity contribution in [3.63, 3.8) is 0 Å². The Hall–Kier alpha value is -2.57. The van der Waals surface area contributed by atoms with Crippen LogP contribution in [0.15, 0.2) is 24.3 Å². The second-order valence-electron chi connectivity index (χ2n) is 7.41. The minimum Gasteiger partial charge on any atom is -0.444 e. The fourth-order valence-electron chi connectivity index (χ4n) is 2.88. The van der Waals surface area contributed by atoms with Gasteiger partial charge in [-0.25, -0.2) is 14.8 Å². The molecule has 0 aliphatic carbocycles. The lowest BCUT2D eigenvalue weighted by molar-refractivity contribution is 0.0289. The Bertz CT molecular complexity index is 772. The molecule has 1 aromatic carbocycles. The molecule has 2 aromatic rings. The van der Waals surface area contributed by atoms with Gasteiger partial charge in [-0.15, -0.1) is 0 Å². The van der Waals surface area contributed by atoms with Gasteiger partial charge in [0.15, 0.2) is 11.6 Å². The normalized spacial score (nSPS) is 17.7. The minimum atomic E-state index is -0.470. The maximum absolute atomic E-state index is 12.1. The fourth-order valence-corrected chi connectivity index (χ4v) is 2.88. The molecule has 1 aliphatic heterocycles. The molecule has 1 amide bonds. The lowest BCUT2D eigenvalue weighted by atomic mass is 10.1. The average Bonchev–Trinajstić information content (AvgIpc) is 3.00. The van der Waals surface area contributed by atoms with Crippen molar-refractivity contribution in [2.75, 3.05) is 30.7 Å². The number of hydrogen-bond acceptors (Lipinski definition) is 6. The molecule has 1 atom stereocenters. The van der Waals surface area contributed by atoms with Crippen LogP contribution in [0.25, 0.3) is 11.0 Å². The Balaban J connectivity index is 1.58. The van der Waals surface area contributed by atoms with E-state index in [0.29, 0.717) is 37.2 Å². The maximum Gasteiger partial charge on any atom is 0.410 e. The number of nitrogens with two attached hydrogens (primary N) is 1. The zero-order valence-electron chi connectivity index (χ0n) is 15.0. The average molecular weight is 343 g/mol. The van der Waals surface area contributed by atoms with E-state index in [2.05, 4.69) is 15.3 Å². The Labute approximate surface area is 147 Å². The van der Waals surface area contributed by atoms with Crippen molar-refractivity contribution >= 4 is 28.8 Å². The highest BCUT2D eigenvalue weighted by Crippen LogP contribution is 2.22. The summed E-state index contributed by atoms with van der Waals surface area (Å²) in [5, 5.41) is 3.28. The highest BCUT2D eigenvalue weighted by atomic mass is 16.6. The number of carbonyl (C=O) groups excluding carboxylic acids is 1. The Morgan fingerprint density at radius 2 is 2.00 bits per heavy atom. The third-order valence-corrected chi connectivity index (χ3v) is 4.09. The molecule has 1 fully saturated rings. The number of hydrogen-bond donors (Lipinski definition) is 2. The summed E-state index contributed by atoms with van der Waals surface area (Å²) in [6.45, 7) is 7.70. The zero-order chi connectivity index (χ0) is 18.0. The molecule has 25 heavy (non-hydrogen) atoms. The predicted molar refractivity (Wildman–Crippen MR) is 98.4 cm³/mol. The second kappa shape index (κ2) is 6.74. The number of benzene rings is 1. The van der Waals surface area contributed by atoms with Crippen molar-refractivity contribution in [2.24, 2.45) is 5.92 Å². The number of rotatable bonds is 3. The second-order valence-corrected chi connectivity index (χ2v) is 7.41. The Morgan fingerprint density at radius 1 is 1.32 bits per heavy atom. The van der Waals surface area contributed by atoms with Gasteiger partial charge in [-0.1, -0.05) is 12.1 Å². The number of amides is 1. The standard InChI is InChI=1S/C18H25N5O2/c1-18(2,3)25-17(24)23-9-8-12(11-23)10-20-16-15(19)21-13-6-4-5-7-14(13)22-16/h4-7,12H,8-11H2,1-3H3,(H2,19,21)(H,20,22). The smallest absolute Gasteiger partial charge is 0.410 e. The van der Waals surface area contributed by atoms with Gasteiger partial charge in [0, 0.05) is 19.6 Å². The third-order valence-electron chi connectivity index (χ3n) is 4.09. The van der Waals surface area contributed by atoms with Gasteiger partial charge in [-0.3, -0.25) is 0 Å². The number of aromatic nitrogens is 2. The van der Waals surface area contributed by atoms with Crippen LogP contribution in [0.5, 0.6) is 0 Å². The first-order chi connectivity index (χ1) is 11.8. The first-order valence-corrected chi connectivity index (χ1v) is 8.56. The van der Waals surface area contributed by atoms with Crippen molar-refractivity contribution in [3.8, 4) is 0 Å². The summed E-state index contributed by atoms with van der Waals surface area (Å²) in [6, 6.07) is 7.63. The summed E-state index contributed by atoms with van der Waals surface area (Å²) < 4.78 is 5.42. The van der Waals surface area contributed by atoms with Crippen LogP contribution in [-0.4, -0.2) is 46.2 Å². The fraction of sp³-hybridized carbons (Fsp3) is 0.500. The molecule has 134 valence electrons. The Morgan fingerprint density at radius 3 is 2.68 bits per heavy atom. The van der Waals surface area contributed by atoms with Gasteiger partial charge in [0.05, 0.1) is 11.0 Å². The van der Waals surface area contributed by atoms with E-state index in [1.54, 1.807) is 4.90 Å². The van der Waals surface area contributed by atoms with Crippen LogP contribution in [0.1, 0.15) is 27.2 Å². The molecule has 0 bridgehead atoms. The van der Waals surface area contributed by atoms with E-state index in [4.69, 9.17) is 10.5 Å². The quantitative estimate of drug-likeness (QED) is 0.890. The van der Waals surface area contributed by atoms with E-state index in [0.717, 1.165) is 17.5 Å². The summed E-state index contributed by atoms with van der Waals surface area (Å²) in [5.41, 5.74) is 7.11. The highest BCUT2D eigenvalue weighted by molar-refractivity contribution is 5.79. The molecule has 0 radical (unpaired) electrons. The number of nitrogens with one attached hydrogen (secondary N) is 1. The van der Waals surface area contributed by atoms with Crippen molar-refractivity contribution in [1.29, 1.82) is 0 Å². The number of ether oxygens (including phenoxy) is 1. The molecule has 2 heterocycles. The van der Waals surface area contributed by atoms with Gasteiger partial charge in [0.1, 0.15) is 5.60 Å². The topological polar surface area (TPSA) is 93.4 Å². The molecule has 3 N–H and O–H groups in total. The van der Waals surface area contributed by atoms with Crippen LogP contribution >= 0.6 is 0 Å². The van der Waals surface area contributed by atoms with E-state index in [9.17, 15) is 4.79 Å². The maximum atomic E-state index is 12.1. The lowest BCUT2D eigenvalue weighted by Gasteiger charge is -2.24. The number of fused-ring (bicyclic) bond motifs is 1. The number of nitrogen functional groups attached to an aromatic ring is 1. The van der Waals surface area contributed by atoms with E-state index in [-0.39, 0.29) is 6.09 Å². The molecule has 3 rings (SSSR count). The summed E-state index contributed by atoms with van der Waals surface area (Å²) in [7, 11) is 0. The molecule has 1 aromatic heterocycles. The molecule has 7 heteroatoms. The number of carbonyl (C=O) groups is 1. The number of likely N-dealkylation sites (tertiary alicyclic amines) is 1. The van der Waals surface area contributed by atoms with Crippen molar-refractivity contribution in [3.05, 3.63) is 24.3 Å². The van der Waals surface area contributed by atoms with Gasteiger partial charge in [-0.05, 0) is 45.2 Å². The first-order valence-electron chi connectivity index (χ1n) is 8.56. The third kappa shape index (κ3) is 4.29. The van der Waals surface area contributed by atoms with Gasteiger partial charge in [0.25, 0.3) is 0 Å². The summed E-state index contributed by atoms with van der Waals surface area (Å²) in [4.78, 5) is 22.8. The Kier molecular flexibility index (Phi) is 4.65. The molecule has 7 nitrogen and oxygen atoms in total. The lowest BCUT2D eigenvalue weighted by Crippen LogP contribution is -2.35. The van der Waals surface area contributed by atoms with Crippen LogP contribution < -0.4 is 11.1 Å². The van der Waals surface area contributed by atoms with E-state index in [1.807, 2.05) is 45.0 Å². The first kappa shape index (κ1) is 17.3. The SMILES string of the molecule is CC(C)(C)OC(=O)N1CCC(CNc2nc3ccccc3nc2N)C1. The van der Waals surface area contributed by atoms with Crippen molar-refractivity contribution < 1.29 is 9.53 Å². The van der Waals surface area contributed by atoms with Gasteiger partial charge in [0.2, 0.25) is 0 Å². The van der Waals surface area contributed by atoms with Crippen LogP contribution in [0.3, 0.4) is 0 Å². The molecular weight excluding hydrogens is 318 g/mol. The van der Waals surface area contributed by atoms with Crippen molar-refractivity contribution in [1.82, 2.24) is 14.9 Å². The molecular formula is C18H25N5O2. The molecule has 0 spiro atoms. The number of para-hydroxylation sites is 2. The van der Waals surface area contributed by atoms with E-state index < -0.39 is 5.60 Å². The molecule has 1 unspecified atom stereocenters. The number of anilines is 2. The largest absolute Gasteiger partial charge is 0.444 e. The van der Waals surface area contributed by atoms with Crippen LogP contribution in [0.4, 0.5) is 16.4 Å². The monoisotopic (exact) mass is 343 g/mol. The number of nitrogens with zero attached hydrogens (tertiary/aromatic N) is 3. The highest BCUT2D eigenvalue weighted by Gasteiger charge is 2.29. The molecule has 1 saturated heterocycles. The van der Waals surface area contributed by atoms with Crippen molar-refractivity contribution in [2.45, 2.75) is 32.8 Å². The van der Waals surface area contributed by atoms with Crippen LogP contribution in [-0.2, 0) is 4.74 Å².